The number of carbonyl (C=O) groups excluding carboxylic acids is 3. The molecule has 1 N–H and O–H groups in total. The number of para-hydroxylation sites is 1. The molecule has 0 bridgehead atoms. The molecule has 1 unspecified atom stereocenters. The van der Waals surface area contributed by atoms with E-state index in [-0.39, 0.29) is 25.5 Å². The predicted octanol–water partition coefficient (Wildman–Crippen LogP) is 3.12. The zero-order chi connectivity index (χ0) is 22.3. The van der Waals surface area contributed by atoms with Crippen molar-refractivity contribution in [3.8, 4) is 5.75 Å². The van der Waals surface area contributed by atoms with Crippen LogP contribution in [0.1, 0.15) is 40.5 Å². The molecule has 0 saturated carbocycles. The summed E-state index contributed by atoms with van der Waals surface area (Å²) in [6.45, 7) is 8.01. The Labute approximate surface area is 176 Å². The summed E-state index contributed by atoms with van der Waals surface area (Å²) in [5, 5.41) is 2.68. The van der Waals surface area contributed by atoms with Gasteiger partial charge in [0.2, 0.25) is 6.10 Å². The highest BCUT2D eigenvalue weighted by Crippen LogP contribution is 2.40. The van der Waals surface area contributed by atoms with Crippen LogP contribution in [0.15, 0.2) is 18.2 Å². The van der Waals surface area contributed by atoms with Crippen LogP contribution < -0.4 is 15.0 Å². The van der Waals surface area contributed by atoms with Crippen LogP contribution >= 0.6 is 0 Å². The molecule has 2 rings (SSSR count). The third-order valence-electron chi connectivity index (χ3n) is 4.20. The molecule has 0 spiro atoms. The second kappa shape index (κ2) is 10.2. The van der Waals surface area contributed by atoms with Crippen molar-refractivity contribution < 1.29 is 33.3 Å². The summed E-state index contributed by atoms with van der Waals surface area (Å²) in [6, 6.07) is 5.27. The van der Waals surface area contributed by atoms with E-state index in [1.165, 1.54) is 7.11 Å². The van der Waals surface area contributed by atoms with Crippen LogP contribution in [0.2, 0.25) is 0 Å². The molecule has 0 saturated heterocycles. The van der Waals surface area contributed by atoms with Crippen molar-refractivity contribution in [2.45, 2.75) is 52.2 Å². The Kier molecular flexibility index (Phi) is 7.91. The number of nitrogens with zero attached hydrogens (tertiary/aromatic N) is 1. The van der Waals surface area contributed by atoms with Crippen LogP contribution in [-0.4, -0.2) is 56.5 Å². The van der Waals surface area contributed by atoms with E-state index in [1.807, 2.05) is 11.0 Å². The van der Waals surface area contributed by atoms with Gasteiger partial charge in [-0.25, -0.2) is 9.59 Å². The fourth-order valence-electron chi connectivity index (χ4n) is 2.97. The Morgan fingerprint density at radius 3 is 2.63 bits per heavy atom. The predicted molar refractivity (Wildman–Crippen MR) is 111 cm³/mol. The molecule has 1 aliphatic heterocycles. The molecular weight excluding hydrogens is 392 g/mol. The minimum Gasteiger partial charge on any atom is -0.472 e. The molecule has 0 aliphatic carbocycles. The van der Waals surface area contributed by atoms with Crippen LogP contribution in [0.4, 0.5) is 16.2 Å². The van der Waals surface area contributed by atoms with Gasteiger partial charge in [-0.15, -0.1) is 0 Å². The third-order valence-corrected chi connectivity index (χ3v) is 4.20. The van der Waals surface area contributed by atoms with Crippen molar-refractivity contribution >= 4 is 29.4 Å². The summed E-state index contributed by atoms with van der Waals surface area (Å²) in [7, 11) is 1.35. The van der Waals surface area contributed by atoms with E-state index in [9.17, 15) is 14.4 Å². The number of carbonyl (C=O) groups is 3. The van der Waals surface area contributed by atoms with Crippen molar-refractivity contribution in [3.63, 3.8) is 0 Å². The Balaban J connectivity index is 2.26. The Bertz CT molecular complexity index is 773. The van der Waals surface area contributed by atoms with Gasteiger partial charge in [-0.2, -0.15) is 0 Å². The van der Waals surface area contributed by atoms with E-state index in [1.54, 1.807) is 39.8 Å². The van der Waals surface area contributed by atoms with Gasteiger partial charge in [0.15, 0.2) is 5.75 Å². The van der Waals surface area contributed by atoms with E-state index in [0.29, 0.717) is 30.1 Å². The van der Waals surface area contributed by atoms with Gasteiger partial charge in [0, 0.05) is 13.0 Å². The van der Waals surface area contributed by atoms with Crippen molar-refractivity contribution in [3.05, 3.63) is 18.2 Å². The maximum Gasteiger partial charge on any atom is 0.412 e. The van der Waals surface area contributed by atoms with Gasteiger partial charge in [0.1, 0.15) is 5.60 Å². The highest BCUT2D eigenvalue weighted by Gasteiger charge is 2.33. The molecule has 0 radical (unpaired) electrons. The standard InChI is InChI=1S/C21H30N2O7/c1-6-28-19(25)16-13-23(12-8-11-17(24)27-5)15-10-7-9-14(18(15)29-16)22-20(26)30-21(2,3)4/h7,9-10,16H,6,8,11-13H2,1-5H3,(H,22,26). The monoisotopic (exact) mass is 422 g/mol. The van der Waals surface area contributed by atoms with Gasteiger partial charge < -0.3 is 23.8 Å². The number of rotatable bonds is 7. The van der Waals surface area contributed by atoms with E-state index in [4.69, 9.17) is 14.2 Å². The lowest BCUT2D eigenvalue weighted by atomic mass is 10.1. The average Bonchev–Trinajstić information content (AvgIpc) is 2.66. The molecule has 1 heterocycles. The number of hydrogen-bond acceptors (Lipinski definition) is 8. The van der Waals surface area contributed by atoms with Crippen molar-refractivity contribution in [1.82, 2.24) is 0 Å². The number of hydrogen-bond donors (Lipinski definition) is 1. The van der Waals surface area contributed by atoms with Crippen LogP contribution in [0.3, 0.4) is 0 Å². The topological polar surface area (TPSA) is 103 Å². The molecule has 1 amide bonds. The molecule has 166 valence electrons. The van der Waals surface area contributed by atoms with Crippen LogP contribution in [-0.2, 0) is 23.8 Å². The quantitative estimate of drug-likeness (QED) is 0.528. The molecule has 30 heavy (non-hydrogen) atoms. The van der Waals surface area contributed by atoms with Gasteiger partial charge in [0.25, 0.3) is 0 Å². The molecule has 0 fully saturated rings. The normalized spacial score (nSPS) is 15.5. The largest absolute Gasteiger partial charge is 0.472 e. The molecule has 1 aliphatic rings. The molecule has 1 aromatic rings. The first-order valence-electron chi connectivity index (χ1n) is 9.92. The first-order valence-corrected chi connectivity index (χ1v) is 9.92. The number of ether oxygens (including phenoxy) is 4. The van der Waals surface area contributed by atoms with Crippen LogP contribution in [0.5, 0.6) is 5.75 Å². The van der Waals surface area contributed by atoms with E-state index >= 15 is 0 Å². The third kappa shape index (κ3) is 6.53. The van der Waals surface area contributed by atoms with Crippen molar-refractivity contribution in [2.24, 2.45) is 0 Å². The summed E-state index contributed by atoms with van der Waals surface area (Å²) < 4.78 is 21.0. The zero-order valence-electron chi connectivity index (χ0n) is 18.1. The first-order chi connectivity index (χ1) is 14.1. The highest BCUT2D eigenvalue weighted by atomic mass is 16.6. The maximum atomic E-state index is 12.3. The number of anilines is 2. The Morgan fingerprint density at radius 2 is 2.00 bits per heavy atom. The lowest BCUT2D eigenvalue weighted by Gasteiger charge is -2.36. The highest BCUT2D eigenvalue weighted by molar-refractivity contribution is 5.90. The number of nitrogens with one attached hydrogen (secondary N) is 1. The lowest BCUT2D eigenvalue weighted by molar-refractivity contribution is -0.151. The van der Waals surface area contributed by atoms with Crippen LogP contribution in [0, 0.1) is 0 Å². The lowest BCUT2D eigenvalue weighted by Crippen LogP contribution is -2.46. The van der Waals surface area contributed by atoms with Gasteiger partial charge in [-0.1, -0.05) is 6.07 Å². The minimum absolute atomic E-state index is 0.228. The smallest absolute Gasteiger partial charge is 0.412 e. The Hall–Kier alpha value is -2.97. The number of benzene rings is 1. The number of methoxy groups -OCH3 is 1. The summed E-state index contributed by atoms with van der Waals surface area (Å²) in [6.07, 6.45) is -0.707. The average molecular weight is 422 g/mol. The molecule has 0 aromatic heterocycles. The first kappa shape index (κ1) is 23.3. The SMILES string of the molecule is CCOC(=O)C1CN(CCCC(=O)OC)c2cccc(NC(=O)OC(C)(C)C)c2O1. The summed E-state index contributed by atoms with van der Waals surface area (Å²) in [5.41, 5.74) is 0.426. The molecule has 1 atom stereocenters. The van der Waals surface area contributed by atoms with E-state index in [2.05, 4.69) is 10.1 Å². The second-order valence-electron chi connectivity index (χ2n) is 7.76. The summed E-state index contributed by atoms with van der Waals surface area (Å²) in [4.78, 5) is 38.0. The summed E-state index contributed by atoms with van der Waals surface area (Å²) >= 11 is 0. The maximum absolute atomic E-state index is 12.3. The van der Waals surface area contributed by atoms with Gasteiger partial charge in [-0.3, -0.25) is 10.1 Å². The van der Waals surface area contributed by atoms with Gasteiger partial charge in [-0.05, 0) is 46.2 Å². The zero-order valence-corrected chi connectivity index (χ0v) is 18.1. The molecule has 1 aromatic carbocycles. The fraction of sp³-hybridized carbons (Fsp3) is 0.571. The number of amides is 1. The van der Waals surface area contributed by atoms with Gasteiger partial charge in [0.05, 0.1) is 31.6 Å². The van der Waals surface area contributed by atoms with Gasteiger partial charge >= 0.3 is 18.0 Å². The molecule has 9 heteroatoms. The van der Waals surface area contributed by atoms with Crippen molar-refractivity contribution in [2.75, 3.05) is 37.0 Å². The number of esters is 2. The molecular formula is C21H30N2O7. The van der Waals surface area contributed by atoms with Crippen molar-refractivity contribution in [1.29, 1.82) is 0 Å². The minimum atomic E-state index is -0.864. The molecule has 9 nitrogen and oxygen atoms in total. The van der Waals surface area contributed by atoms with E-state index < -0.39 is 23.8 Å². The van der Waals surface area contributed by atoms with Crippen LogP contribution in [0.25, 0.3) is 0 Å². The fourth-order valence-corrected chi connectivity index (χ4v) is 2.97. The Morgan fingerprint density at radius 1 is 1.27 bits per heavy atom. The second-order valence-corrected chi connectivity index (χ2v) is 7.76. The number of fused-ring (bicyclic) bond motifs is 1. The van der Waals surface area contributed by atoms with E-state index in [0.717, 1.165) is 0 Å². The summed E-state index contributed by atoms with van der Waals surface area (Å²) in [5.74, 6) is -0.440.